The minimum absolute atomic E-state index is 0. The lowest BCUT2D eigenvalue weighted by Crippen LogP contribution is -1.98. The van der Waals surface area contributed by atoms with Gasteiger partial charge in [0.1, 0.15) is 0 Å². The van der Waals surface area contributed by atoms with Crippen LogP contribution in [0.5, 0.6) is 0 Å². The molecule has 0 saturated carbocycles. The molecule has 0 aromatic heterocycles. The molecule has 0 atom stereocenters. The van der Waals surface area contributed by atoms with Gasteiger partial charge >= 0.3 is 0 Å². The third-order valence-corrected chi connectivity index (χ3v) is 2.20. The third kappa shape index (κ3) is 5.29. The number of ether oxygens (including phenoxy) is 2. The fourth-order valence-electron chi connectivity index (χ4n) is 1.21. The van der Waals surface area contributed by atoms with Crippen LogP contribution in [0.25, 0.3) is 0 Å². The standard InChI is InChI=1S/C10H13O2S.3FH/c1-11-6-8-4-3-5-10(13)9(8)7-12-2;;;/h3-5H,6-7H2,1-2H3;3*1H. The summed E-state index contributed by atoms with van der Waals surface area (Å²) < 4.78 is 10.1. The first-order valence-electron chi connectivity index (χ1n) is 4.05. The highest BCUT2D eigenvalue weighted by molar-refractivity contribution is 7.80. The number of rotatable bonds is 4. The molecule has 1 rings (SSSR count). The molecule has 0 N–H and O–H groups in total. The van der Waals surface area contributed by atoms with Crippen molar-refractivity contribution in [1.29, 1.82) is 0 Å². The molecule has 0 fully saturated rings. The number of halogens is 3. The van der Waals surface area contributed by atoms with Crippen LogP contribution in [-0.2, 0) is 22.7 Å². The number of hydrogen-bond acceptors (Lipinski definition) is 2. The zero-order valence-electron chi connectivity index (χ0n) is 9.10. The SMILES string of the molecule is COCc1cccc([S])c1COC.F.F.F. The van der Waals surface area contributed by atoms with Crippen LogP contribution in [0.4, 0.5) is 14.1 Å². The Hall–Kier alpha value is -0.850. The Morgan fingerprint density at radius 2 is 1.56 bits per heavy atom. The van der Waals surface area contributed by atoms with Gasteiger partial charge in [-0.3, -0.25) is 14.1 Å². The zero-order chi connectivity index (χ0) is 9.68. The lowest BCUT2D eigenvalue weighted by atomic mass is 10.1. The molecule has 2 nitrogen and oxygen atoms in total. The van der Waals surface area contributed by atoms with Crippen molar-refractivity contribution in [2.75, 3.05) is 14.2 Å². The third-order valence-electron chi connectivity index (χ3n) is 1.82. The van der Waals surface area contributed by atoms with E-state index in [-0.39, 0.29) is 14.1 Å². The first-order valence-corrected chi connectivity index (χ1v) is 4.46. The Bertz CT molecular complexity index is 285. The molecule has 0 saturated heterocycles. The highest BCUT2D eigenvalue weighted by atomic mass is 32.1. The molecule has 1 aromatic rings. The lowest BCUT2D eigenvalue weighted by Gasteiger charge is -2.09. The molecule has 0 heterocycles. The van der Waals surface area contributed by atoms with Gasteiger partial charge in [-0.25, -0.2) is 0 Å². The second-order valence-electron chi connectivity index (χ2n) is 2.76. The van der Waals surface area contributed by atoms with E-state index < -0.39 is 0 Å². The van der Waals surface area contributed by atoms with Crippen LogP contribution in [0, 0.1) is 0 Å². The van der Waals surface area contributed by atoms with E-state index in [0.717, 1.165) is 16.0 Å². The summed E-state index contributed by atoms with van der Waals surface area (Å²) in [5, 5.41) is 0. The van der Waals surface area contributed by atoms with Crippen LogP contribution in [0.1, 0.15) is 11.1 Å². The molecule has 6 heteroatoms. The Kier molecular flexibility index (Phi) is 13.7. The van der Waals surface area contributed by atoms with Crippen molar-refractivity contribution in [3.05, 3.63) is 29.3 Å². The van der Waals surface area contributed by atoms with E-state index in [2.05, 4.69) is 0 Å². The van der Waals surface area contributed by atoms with Gasteiger partial charge in [0, 0.05) is 24.7 Å². The Morgan fingerprint density at radius 1 is 1.00 bits per heavy atom. The minimum Gasteiger partial charge on any atom is -0.380 e. The van der Waals surface area contributed by atoms with E-state index in [9.17, 15) is 0 Å². The van der Waals surface area contributed by atoms with Crippen LogP contribution in [0.2, 0.25) is 0 Å². The zero-order valence-corrected chi connectivity index (χ0v) is 9.91. The van der Waals surface area contributed by atoms with Gasteiger partial charge in [0.25, 0.3) is 0 Å². The maximum absolute atomic E-state index is 5.18. The predicted octanol–water partition coefficient (Wildman–Crippen LogP) is 2.99. The molecule has 0 bridgehead atoms. The van der Waals surface area contributed by atoms with E-state index in [1.165, 1.54) is 0 Å². The predicted molar refractivity (Wildman–Crippen MR) is 61.2 cm³/mol. The minimum atomic E-state index is 0. The van der Waals surface area contributed by atoms with Crippen molar-refractivity contribution in [3.8, 4) is 0 Å². The monoisotopic (exact) mass is 257 g/mol. The van der Waals surface area contributed by atoms with Crippen molar-refractivity contribution >= 4 is 12.6 Å². The summed E-state index contributed by atoms with van der Waals surface area (Å²) in [5.74, 6) is 0. The van der Waals surface area contributed by atoms with E-state index in [1.807, 2.05) is 18.2 Å². The largest absolute Gasteiger partial charge is 0.380 e. The van der Waals surface area contributed by atoms with Crippen LogP contribution in [0.3, 0.4) is 0 Å². The topological polar surface area (TPSA) is 18.5 Å². The molecule has 0 aliphatic heterocycles. The Morgan fingerprint density at radius 3 is 2.06 bits per heavy atom. The normalized spacial score (nSPS) is 8.38. The smallest absolute Gasteiger partial charge is 0.0730 e. The van der Waals surface area contributed by atoms with Gasteiger partial charge in [-0.1, -0.05) is 24.8 Å². The van der Waals surface area contributed by atoms with Crippen molar-refractivity contribution in [1.82, 2.24) is 0 Å². The molecule has 0 aliphatic carbocycles. The van der Waals surface area contributed by atoms with E-state index in [4.69, 9.17) is 22.1 Å². The summed E-state index contributed by atoms with van der Waals surface area (Å²) in [4.78, 5) is 0.844. The summed E-state index contributed by atoms with van der Waals surface area (Å²) in [7, 11) is 3.34. The summed E-state index contributed by atoms with van der Waals surface area (Å²) >= 11 is 5.18. The highest BCUT2D eigenvalue weighted by Crippen LogP contribution is 2.19. The molecule has 0 amide bonds. The maximum Gasteiger partial charge on any atom is 0.0730 e. The first kappa shape index (κ1) is 20.5. The van der Waals surface area contributed by atoms with Gasteiger partial charge in [-0.15, -0.1) is 0 Å². The van der Waals surface area contributed by atoms with Crippen LogP contribution in [-0.4, -0.2) is 14.2 Å². The van der Waals surface area contributed by atoms with Crippen LogP contribution >= 0.6 is 12.6 Å². The molecule has 0 aliphatic rings. The van der Waals surface area contributed by atoms with E-state index >= 15 is 0 Å². The summed E-state index contributed by atoms with van der Waals surface area (Å²) in [6, 6.07) is 5.85. The fraction of sp³-hybridized carbons (Fsp3) is 0.400. The molecular formula is C10H16F3O2S. The Labute approximate surface area is 98.5 Å². The maximum atomic E-state index is 5.18. The van der Waals surface area contributed by atoms with Crippen LogP contribution < -0.4 is 0 Å². The highest BCUT2D eigenvalue weighted by Gasteiger charge is 2.05. The van der Waals surface area contributed by atoms with Gasteiger partial charge < -0.3 is 9.47 Å². The molecule has 16 heavy (non-hydrogen) atoms. The van der Waals surface area contributed by atoms with Crippen molar-refractivity contribution < 1.29 is 23.6 Å². The van der Waals surface area contributed by atoms with Crippen molar-refractivity contribution in [2.24, 2.45) is 0 Å². The second kappa shape index (κ2) is 10.7. The molecule has 95 valence electrons. The van der Waals surface area contributed by atoms with Gasteiger partial charge in [-0.2, -0.15) is 0 Å². The summed E-state index contributed by atoms with van der Waals surface area (Å²) in [5.41, 5.74) is 2.17. The number of methoxy groups -OCH3 is 2. The average Bonchev–Trinajstić information content (AvgIpc) is 2.11. The van der Waals surface area contributed by atoms with Crippen molar-refractivity contribution in [2.45, 2.75) is 18.1 Å². The summed E-state index contributed by atoms with van der Waals surface area (Å²) in [6.45, 7) is 1.14. The van der Waals surface area contributed by atoms with Gasteiger partial charge in [-0.05, 0) is 11.6 Å². The average molecular weight is 257 g/mol. The van der Waals surface area contributed by atoms with E-state index in [1.54, 1.807) is 14.2 Å². The number of hydrogen-bond donors (Lipinski definition) is 0. The van der Waals surface area contributed by atoms with Crippen molar-refractivity contribution in [3.63, 3.8) is 0 Å². The fourth-order valence-corrected chi connectivity index (χ4v) is 1.48. The van der Waals surface area contributed by atoms with Gasteiger partial charge in [0.15, 0.2) is 0 Å². The van der Waals surface area contributed by atoms with Gasteiger partial charge in [0.05, 0.1) is 13.2 Å². The molecule has 1 radical (unpaired) electrons. The Balaban J connectivity index is -0.000000563. The van der Waals surface area contributed by atoms with Gasteiger partial charge in [0.2, 0.25) is 0 Å². The van der Waals surface area contributed by atoms with Crippen LogP contribution in [0.15, 0.2) is 23.1 Å². The number of benzene rings is 1. The lowest BCUT2D eigenvalue weighted by molar-refractivity contribution is 0.166. The van der Waals surface area contributed by atoms with E-state index in [0.29, 0.717) is 13.2 Å². The second-order valence-corrected chi connectivity index (χ2v) is 3.20. The quantitative estimate of drug-likeness (QED) is 0.825. The molecule has 0 spiro atoms. The molecule has 0 unspecified atom stereocenters. The molecular weight excluding hydrogens is 241 g/mol. The first-order chi connectivity index (χ1) is 6.29. The molecule has 1 aromatic carbocycles. The summed E-state index contributed by atoms with van der Waals surface area (Å²) in [6.07, 6.45) is 0.